The van der Waals surface area contributed by atoms with Crippen LogP contribution in [0.3, 0.4) is 0 Å². The van der Waals surface area contributed by atoms with E-state index in [9.17, 15) is 5.11 Å². The van der Waals surface area contributed by atoms with Crippen molar-refractivity contribution in [2.24, 2.45) is 15.9 Å². The SMILES string of the molecule is CC/C(=N\N=C(/C)N1CCC(NC)C1)c1ccc(C(=N)N)cc1O. The van der Waals surface area contributed by atoms with Crippen molar-refractivity contribution < 1.29 is 5.11 Å². The Balaban J connectivity index is 2.20. The van der Waals surface area contributed by atoms with Gasteiger partial charge in [0.2, 0.25) is 0 Å². The van der Waals surface area contributed by atoms with Crippen LogP contribution in [0.5, 0.6) is 5.75 Å². The van der Waals surface area contributed by atoms with Crippen LogP contribution in [0.4, 0.5) is 0 Å². The van der Waals surface area contributed by atoms with Gasteiger partial charge >= 0.3 is 0 Å². The van der Waals surface area contributed by atoms with E-state index in [1.807, 2.05) is 20.9 Å². The Morgan fingerprint density at radius 2 is 2.21 bits per heavy atom. The van der Waals surface area contributed by atoms with Crippen LogP contribution in [0, 0.1) is 5.41 Å². The minimum absolute atomic E-state index is 0.0626. The number of phenols is 1. The number of hydrogen-bond acceptors (Lipinski definition) is 5. The van der Waals surface area contributed by atoms with E-state index in [0.29, 0.717) is 29.3 Å². The summed E-state index contributed by atoms with van der Waals surface area (Å²) in [5, 5.41) is 29.6. The first-order chi connectivity index (χ1) is 11.5. The summed E-state index contributed by atoms with van der Waals surface area (Å²) in [5.41, 5.74) is 7.25. The first-order valence-electron chi connectivity index (χ1n) is 8.17. The van der Waals surface area contributed by atoms with Crippen LogP contribution in [-0.2, 0) is 0 Å². The van der Waals surface area contributed by atoms with Crippen molar-refractivity contribution in [1.82, 2.24) is 10.2 Å². The average Bonchev–Trinajstić information content (AvgIpc) is 3.05. The number of nitrogens with two attached hydrogens (primary N) is 1. The molecule has 0 bridgehead atoms. The molecule has 130 valence electrons. The van der Waals surface area contributed by atoms with Crippen LogP contribution in [0.25, 0.3) is 0 Å². The molecule has 1 aromatic carbocycles. The number of amidine groups is 2. The molecule has 2 rings (SSSR count). The van der Waals surface area contributed by atoms with Crippen LogP contribution < -0.4 is 11.1 Å². The van der Waals surface area contributed by atoms with Gasteiger partial charge < -0.3 is 21.1 Å². The molecule has 0 amide bonds. The molecule has 0 radical (unpaired) electrons. The van der Waals surface area contributed by atoms with Gasteiger partial charge in [-0.3, -0.25) is 5.41 Å². The van der Waals surface area contributed by atoms with Crippen LogP contribution in [-0.4, -0.2) is 53.6 Å². The van der Waals surface area contributed by atoms with Crippen molar-refractivity contribution in [3.05, 3.63) is 29.3 Å². The third-order valence-corrected chi connectivity index (χ3v) is 4.32. The topological polar surface area (TPSA) is 110 Å². The van der Waals surface area contributed by atoms with Crippen molar-refractivity contribution in [3.8, 4) is 5.75 Å². The molecule has 0 saturated carbocycles. The van der Waals surface area contributed by atoms with Crippen LogP contribution in [0.1, 0.15) is 37.8 Å². The molecule has 1 aromatic rings. The van der Waals surface area contributed by atoms with Crippen LogP contribution in [0.2, 0.25) is 0 Å². The molecule has 0 aromatic heterocycles. The molecule has 0 spiro atoms. The maximum absolute atomic E-state index is 10.2. The fourth-order valence-electron chi connectivity index (χ4n) is 2.74. The van der Waals surface area contributed by atoms with E-state index in [2.05, 4.69) is 20.4 Å². The van der Waals surface area contributed by atoms with E-state index in [1.54, 1.807) is 12.1 Å². The zero-order chi connectivity index (χ0) is 17.7. The van der Waals surface area contributed by atoms with E-state index in [0.717, 1.165) is 25.3 Å². The summed E-state index contributed by atoms with van der Waals surface area (Å²) in [6.45, 7) is 5.82. The van der Waals surface area contributed by atoms with E-state index >= 15 is 0 Å². The predicted molar refractivity (Wildman–Crippen MR) is 98.1 cm³/mol. The molecule has 5 N–H and O–H groups in total. The molecular formula is C17H26N6O. The molecule has 1 fully saturated rings. The fourth-order valence-corrected chi connectivity index (χ4v) is 2.74. The third-order valence-electron chi connectivity index (χ3n) is 4.32. The first kappa shape index (κ1) is 17.9. The van der Waals surface area contributed by atoms with Gasteiger partial charge in [0, 0.05) is 30.3 Å². The normalized spacial score (nSPS) is 19.0. The highest BCUT2D eigenvalue weighted by Gasteiger charge is 2.21. The number of benzene rings is 1. The Kier molecular flexibility index (Phi) is 5.92. The van der Waals surface area contributed by atoms with Gasteiger partial charge in [0.15, 0.2) is 0 Å². The second kappa shape index (κ2) is 7.92. The Morgan fingerprint density at radius 1 is 1.46 bits per heavy atom. The lowest BCUT2D eigenvalue weighted by molar-refractivity contribution is 0.474. The van der Waals surface area contributed by atoms with Gasteiger partial charge in [-0.05, 0) is 38.9 Å². The second-order valence-electron chi connectivity index (χ2n) is 5.91. The summed E-state index contributed by atoms with van der Waals surface area (Å²) in [7, 11) is 1.97. The van der Waals surface area contributed by atoms with Gasteiger partial charge in [-0.25, -0.2) is 0 Å². The molecule has 1 aliphatic heterocycles. The summed E-state index contributed by atoms with van der Waals surface area (Å²) >= 11 is 0. The van der Waals surface area contributed by atoms with Crippen molar-refractivity contribution in [2.45, 2.75) is 32.7 Å². The van der Waals surface area contributed by atoms with Crippen molar-refractivity contribution >= 4 is 17.4 Å². The molecule has 1 unspecified atom stereocenters. The lowest BCUT2D eigenvalue weighted by atomic mass is 10.0. The quantitative estimate of drug-likeness (QED) is 0.372. The highest BCUT2D eigenvalue weighted by Crippen LogP contribution is 2.21. The largest absolute Gasteiger partial charge is 0.507 e. The van der Waals surface area contributed by atoms with Crippen molar-refractivity contribution in [2.75, 3.05) is 20.1 Å². The standard InChI is InChI=1S/C17H26N6O/c1-4-15(14-6-5-12(17(18)19)9-16(14)24)22-21-11(2)23-8-7-13(10-23)20-3/h5-6,9,13,20,24H,4,7-8,10H2,1-3H3,(H3,18,19)/b21-11+,22-15+. The number of rotatable bonds is 5. The van der Waals surface area contributed by atoms with E-state index in [1.165, 1.54) is 6.07 Å². The smallest absolute Gasteiger partial charge is 0.125 e. The zero-order valence-electron chi connectivity index (χ0n) is 14.5. The Hall–Kier alpha value is -2.41. The Labute approximate surface area is 142 Å². The lowest BCUT2D eigenvalue weighted by Crippen LogP contribution is -2.32. The number of nitrogens with one attached hydrogen (secondary N) is 2. The van der Waals surface area contributed by atoms with E-state index < -0.39 is 0 Å². The van der Waals surface area contributed by atoms with Crippen LogP contribution >= 0.6 is 0 Å². The number of likely N-dealkylation sites (tertiary alicyclic amines) is 1. The molecule has 7 nitrogen and oxygen atoms in total. The zero-order valence-corrected chi connectivity index (χ0v) is 14.5. The Bertz CT molecular complexity index is 667. The maximum Gasteiger partial charge on any atom is 0.125 e. The highest BCUT2D eigenvalue weighted by atomic mass is 16.3. The number of hydrogen-bond donors (Lipinski definition) is 4. The number of aromatic hydroxyl groups is 1. The number of likely N-dealkylation sites (N-methyl/N-ethyl adjacent to an activating group) is 1. The maximum atomic E-state index is 10.2. The number of nitrogen functional groups attached to an aromatic ring is 1. The summed E-state index contributed by atoms with van der Waals surface area (Å²) in [4.78, 5) is 2.21. The molecule has 24 heavy (non-hydrogen) atoms. The van der Waals surface area contributed by atoms with Gasteiger partial charge in [0.25, 0.3) is 0 Å². The van der Waals surface area contributed by atoms with Crippen molar-refractivity contribution in [1.29, 1.82) is 5.41 Å². The predicted octanol–water partition coefficient (Wildman–Crippen LogP) is 1.50. The molecule has 7 heteroatoms. The van der Waals surface area contributed by atoms with Gasteiger partial charge in [-0.15, -0.1) is 5.10 Å². The molecule has 1 saturated heterocycles. The summed E-state index contributed by atoms with van der Waals surface area (Å²) in [6, 6.07) is 5.41. The number of phenolic OH excluding ortho intramolecular Hbond substituents is 1. The highest BCUT2D eigenvalue weighted by molar-refractivity contribution is 6.04. The van der Waals surface area contributed by atoms with Gasteiger partial charge in [0.05, 0.1) is 5.71 Å². The monoisotopic (exact) mass is 330 g/mol. The summed E-state index contributed by atoms with van der Waals surface area (Å²) in [6.07, 6.45) is 1.74. The fraction of sp³-hybridized carbons (Fsp3) is 0.471. The summed E-state index contributed by atoms with van der Waals surface area (Å²) < 4.78 is 0. The molecule has 1 aliphatic rings. The van der Waals surface area contributed by atoms with Gasteiger partial charge in [-0.1, -0.05) is 13.0 Å². The third kappa shape index (κ3) is 4.11. The van der Waals surface area contributed by atoms with Gasteiger partial charge in [0.1, 0.15) is 17.4 Å². The van der Waals surface area contributed by atoms with E-state index in [-0.39, 0.29) is 11.6 Å². The Morgan fingerprint density at radius 3 is 2.75 bits per heavy atom. The minimum atomic E-state index is -0.0752. The molecule has 1 atom stereocenters. The lowest BCUT2D eigenvalue weighted by Gasteiger charge is -2.16. The van der Waals surface area contributed by atoms with Gasteiger partial charge in [-0.2, -0.15) is 5.10 Å². The molecule has 0 aliphatic carbocycles. The van der Waals surface area contributed by atoms with E-state index in [4.69, 9.17) is 11.1 Å². The summed E-state index contributed by atoms with van der Waals surface area (Å²) in [5.74, 6) is 0.861. The van der Waals surface area contributed by atoms with Crippen molar-refractivity contribution in [3.63, 3.8) is 0 Å². The minimum Gasteiger partial charge on any atom is -0.507 e. The van der Waals surface area contributed by atoms with Crippen LogP contribution in [0.15, 0.2) is 28.4 Å². The second-order valence-corrected chi connectivity index (χ2v) is 5.91. The first-order valence-corrected chi connectivity index (χ1v) is 8.17. The molecule has 1 heterocycles. The molecular weight excluding hydrogens is 304 g/mol. The number of nitrogens with zero attached hydrogens (tertiary/aromatic N) is 3. The average molecular weight is 330 g/mol.